The van der Waals surface area contributed by atoms with E-state index in [1.54, 1.807) is 0 Å². The third kappa shape index (κ3) is 3.58. The van der Waals surface area contributed by atoms with Crippen molar-refractivity contribution in [2.45, 2.75) is 48.4 Å². The van der Waals surface area contributed by atoms with E-state index < -0.39 is 6.10 Å². The lowest BCUT2D eigenvalue weighted by molar-refractivity contribution is 0.0498. The summed E-state index contributed by atoms with van der Waals surface area (Å²) in [5.41, 5.74) is 2.98. The van der Waals surface area contributed by atoms with Crippen molar-refractivity contribution in [1.82, 2.24) is 5.32 Å². The Labute approximate surface area is 159 Å². The number of fused-ring (bicyclic) bond motifs is 2. The van der Waals surface area contributed by atoms with E-state index >= 15 is 0 Å². The minimum absolute atomic E-state index is 0.119. The first kappa shape index (κ1) is 17.7. The predicted octanol–water partition coefficient (Wildman–Crippen LogP) is 3.98. The molecule has 3 heterocycles. The average Bonchev–Trinajstić information content (AvgIpc) is 3.22. The number of hydrogen-bond donors (Lipinski definition) is 2. The summed E-state index contributed by atoms with van der Waals surface area (Å²) in [6, 6.07) is 4.43. The average molecular weight is 402 g/mol. The van der Waals surface area contributed by atoms with Gasteiger partial charge in [0.1, 0.15) is 18.0 Å². The Kier molecular flexibility index (Phi) is 5.29. The van der Waals surface area contributed by atoms with Crippen LogP contribution in [0.2, 0.25) is 0 Å². The van der Waals surface area contributed by atoms with Gasteiger partial charge in [-0.3, -0.25) is 0 Å². The lowest BCUT2D eigenvalue weighted by atomic mass is 9.91. The molecule has 0 amide bonds. The number of ether oxygens (including phenoxy) is 1. The van der Waals surface area contributed by atoms with Gasteiger partial charge in [0, 0.05) is 41.2 Å². The molecule has 3 unspecified atom stereocenters. The van der Waals surface area contributed by atoms with Crippen molar-refractivity contribution in [3.05, 3.63) is 23.3 Å². The highest BCUT2D eigenvalue weighted by Crippen LogP contribution is 2.49. The Morgan fingerprint density at radius 1 is 1.33 bits per heavy atom. The van der Waals surface area contributed by atoms with Crippen molar-refractivity contribution < 1.29 is 9.84 Å². The molecule has 1 saturated heterocycles. The van der Waals surface area contributed by atoms with Crippen LogP contribution >= 0.6 is 43.2 Å². The molecule has 2 N–H and O–H groups in total. The van der Waals surface area contributed by atoms with Crippen LogP contribution in [0.4, 0.5) is 0 Å². The van der Waals surface area contributed by atoms with Crippen molar-refractivity contribution in [2.75, 3.05) is 18.8 Å². The number of aliphatic hydroxyl groups excluding tert-OH is 1. The summed E-state index contributed by atoms with van der Waals surface area (Å²) in [5, 5.41) is 14.6. The minimum Gasteiger partial charge on any atom is -0.487 e. The maximum Gasteiger partial charge on any atom is 0.130 e. The Bertz CT molecular complexity index is 592. The van der Waals surface area contributed by atoms with Gasteiger partial charge in [-0.1, -0.05) is 57.0 Å². The van der Waals surface area contributed by atoms with Gasteiger partial charge in [-0.2, -0.15) is 0 Å². The summed E-state index contributed by atoms with van der Waals surface area (Å²) >= 11 is 0. The smallest absolute Gasteiger partial charge is 0.130 e. The molecule has 0 radical (unpaired) electrons. The first-order valence-electron chi connectivity index (χ1n) is 8.32. The van der Waals surface area contributed by atoms with Crippen molar-refractivity contribution in [3.63, 3.8) is 0 Å². The molecule has 0 saturated carbocycles. The van der Waals surface area contributed by atoms with Gasteiger partial charge in [-0.05, 0) is 28.7 Å². The molecular weight excluding hydrogens is 378 g/mol. The number of rotatable bonds is 5. The van der Waals surface area contributed by atoms with Crippen LogP contribution in [0.25, 0.3) is 0 Å². The van der Waals surface area contributed by atoms with Crippen molar-refractivity contribution >= 4 is 43.2 Å². The topological polar surface area (TPSA) is 41.5 Å². The molecule has 0 aromatic heterocycles. The van der Waals surface area contributed by atoms with E-state index in [9.17, 15) is 5.11 Å². The highest BCUT2D eigenvalue weighted by molar-refractivity contribution is 8.77. The molecule has 7 heteroatoms. The van der Waals surface area contributed by atoms with Crippen molar-refractivity contribution in [1.29, 1.82) is 0 Å². The highest BCUT2D eigenvalue weighted by atomic mass is 33.1. The zero-order chi connectivity index (χ0) is 16.7. The van der Waals surface area contributed by atoms with E-state index in [0.29, 0.717) is 17.2 Å². The fourth-order valence-corrected chi connectivity index (χ4v) is 9.63. The van der Waals surface area contributed by atoms with Crippen LogP contribution in [0.1, 0.15) is 25.0 Å². The van der Waals surface area contributed by atoms with Crippen LogP contribution in [-0.2, 0) is 12.2 Å². The fraction of sp³-hybridized carbons (Fsp3) is 0.647. The van der Waals surface area contributed by atoms with Crippen LogP contribution in [0.15, 0.2) is 17.0 Å². The van der Waals surface area contributed by atoms with Gasteiger partial charge in [0.25, 0.3) is 0 Å². The standard InChI is InChI=1S/C17H23NO2S4/c1-17(2)9-22-24-16(17)7-18-6-12(19)14-3-10-5-15-11(8-21-23-15)4-13(10)20-14/h4-5,12,14,16,18-19H,3,6-9H2,1-2H3. The van der Waals surface area contributed by atoms with Gasteiger partial charge >= 0.3 is 0 Å². The van der Waals surface area contributed by atoms with E-state index in [1.807, 2.05) is 43.2 Å². The quantitative estimate of drug-likeness (QED) is 0.723. The van der Waals surface area contributed by atoms with E-state index in [4.69, 9.17) is 4.74 Å². The Morgan fingerprint density at radius 2 is 2.21 bits per heavy atom. The minimum atomic E-state index is -0.462. The summed E-state index contributed by atoms with van der Waals surface area (Å²) in [6.45, 7) is 6.20. The number of benzene rings is 1. The molecule has 0 aliphatic carbocycles. The highest BCUT2D eigenvalue weighted by Gasteiger charge is 2.36. The van der Waals surface area contributed by atoms with Gasteiger partial charge in [-0.25, -0.2) is 0 Å². The van der Waals surface area contributed by atoms with Crippen molar-refractivity contribution in [3.8, 4) is 5.75 Å². The maximum absolute atomic E-state index is 10.5. The summed E-state index contributed by atoms with van der Waals surface area (Å²) in [4.78, 5) is 1.37. The summed E-state index contributed by atoms with van der Waals surface area (Å²) < 4.78 is 6.04. The van der Waals surface area contributed by atoms with E-state index in [1.165, 1.54) is 21.8 Å². The molecule has 1 fully saturated rings. The number of aliphatic hydroxyl groups is 1. The Hall–Kier alpha value is 0.340. The normalized spacial score (nSPS) is 28.5. The third-order valence-electron chi connectivity index (χ3n) is 4.91. The SMILES string of the molecule is CC1(C)CSSC1CNCC(O)C1Cc2cc3c(cc2O1)CSS3. The zero-order valence-corrected chi connectivity index (χ0v) is 17.2. The van der Waals surface area contributed by atoms with Crippen LogP contribution in [0, 0.1) is 5.41 Å². The molecule has 3 aliphatic heterocycles. The molecule has 24 heavy (non-hydrogen) atoms. The van der Waals surface area contributed by atoms with E-state index in [-0.39, 0.29) is 6.10 Å². The molecule has 0 spiro atoms. The predicted molar refractivity (Wildman–Crippen MR) is 108 cm³/mol. The fourth-order valence-electron chi connectivity index (χ4n) is 3.19. The molecule has 1 aromatic carbocycles. The lowest BCUT2D eigenvalue weighted by Gasteiger charge is -2.26. The first-order valence-corrected chi connectivity index (χ1v) is 13.0. The van der Waals surface area contributed by atoms with Crippen molar-refractivity contribution in [2.24, 2.45) is 5.41 Å². The Balaban J connectivity index is 1.29. The van der Waals surface area contributed by atoms with Gasteiger partial charge in [0.2, 0.25) is 0 Å². The van der Waals surface area contributed by atoms with E-state index in [2.05, 4.69) is 31.3 Å². The van der Waals surface area contributed by atoms with Crippen LogP contribution in [0.3, 0.4) is 0 Å². The third-order valence-corrected chi connectivity index (χ3v) is 10.8. The van der Waals surface area contributed by atoms with Crippen LogP contribution < -0.4 is 10.1 Å². The maximum atomic E-state index is 10.5. The lowest BCUT2D eigenvalue weighted by Crippen LogP contribution is -2.42. The number of hydrogen-bond acceptors (Lipinski definition) is 7. The second kappa shape index (κ2) is 7.16. The summed E-state index contributed by atoms with van der Waals surface area (Å²) in [6.07, 6.45) is 0.235. The van der Waals surface area contributed by atoms with Gasteiger partial charge in [0.15, 0.2) is 0 Å². The second-order valence-electron chi connectivity index (χ2n) is 7.33. The summed E-state index contributed by atoms with van der Waals surface area (Å²) in [5.74, 6) is 3.23. The number of nitrogens with one attached hydrogen (secondary N) is 1. The molecule has 132 valence electrons. The van der Waals surface area contributed by atoms with Crippen LogP contribution in [-0.4, -0.2) is 41.4 Å². The van der Waals surface area contributed by atoms with Gasteiger partial charge in [-0.15, -0.1) is 0 Å². The molecule has 3 aliphatic rings. The van der Waals surface area contributed by atoms with E-state index in [0.717, 1.165) is 24.5 Å². The first-order chi connectivity index (χ1) is 11.5. The molecule has 3 atom stereocenters. The molecule has 1 aromatic rings. The van der Waals surface area contributed by atoms with Gasteiger partial charge < -0.3 is 15.2 Å². The molecule has 0 bridgehead atoms. The molecule has 4 rings (SSSR count). The zero-order valence-electron chi connectivity index (χ0n) is 13.9. The Morgan fingerprint density at radius 3 is 3.00 bits per heavy atom. The second-order valence-corrected chi connectivity index (χ2v) is 12.2. The molecular formula is C17H23NO2S4. The summed E-state index contributed by atoms with van der Waals surface area (Å²) in [7, 11) is 7.67. The van der Waals surface area contributed by atoms with Crippen LogP contribution in [0.5, 0.6) is 5.75 Å². The monoisotopic (exact) mass is 401 g/mol. The molecule has 3 nitrogen and oxygen atoms in total. The van der Waals surface area contributed by atoms with Gasteiger partial charge in [0.05, 0.1) is 0 Å². The largest absolute Gasteiger partial charge is 0.487 e.